The van der Waals surface area contributed by atoms with Gasteiger partial charge in [-0.3, -0.25) is 4.79 Å². The van der Waals surface area contributed by atoms with Crippen LogP contribution in [0, 0.1) is 5.92 Å². The van der Waals surface area contributed by atoms with Crippen molar-refractivity contribution in [2.24, 2.45) is 11.7 Å². The van der Waals surface area contributed by atoms with E-state index in [0.29, 0.717) is 12.0 Å². The van der Waals surface area contributed by atoms with Crippen LogP contribution in [-0.4, -0.2) is 18.0 Å². The van der Waals surface area contributed by atoms with Gasteiger partial charge in [0.05, 0.1) is 6.04 Å². The van der Waals surface area contributed by atoms with Crippen LogP contribution in [0.4, 0.5) is 0 Å². The minimum absolute atomic E-state index is 0.0304. The number of carbonyl (C=O) groups is 1. The van der Waals surface area contributed by atoms with E-state index in [4.69, 9.17) is 5.73 Å². The summed E-state index contributed by atoms with van der Waals surface area (Å²) in [5.74, 6) is 0.718. The van der Waals surface area contributed by atoms with Crippen LogP contribution < -0.4 is 11.1 Å². The lowest BCUT2D eigenvalue weighted by Crippen LogP contribution is -2.48. The third-order valence-corrected chi connectivity index (χ3v) is 3.43. The first-order chi connectivity index (χ1) is 7.15. The van der Waals surface area contributed by atoms with Gasteiger partial charge in [0.15, 0.2) is 0 Å². The largest absolute Gasteiger partial charge is 0.352 e. The van der Waals surface area contributed by atoms with E-state index in [1.54, 1.807) is 0 Å². The Labute approximate surface area is 92.8 Å². The van der Waals surface area contributed by atoms with E-state index < -0.39 is 0 Å². The summed E-state index contributed by atoms with van der Waals surface area (Å²) in [7, 11) is 0. The molecule has 3 N–H and O–H groups in total. The summed E-state index contributed by atoms with van der Waals surface area (Å²) in [4.78, 5) is 11.7. The Morgan fingerprint density at radius 1 is 1.53 bits per heavy atom. The second kappa shape index (κ2) is 6.11. The summed E-state index contributed by atoms with van der Waals surface area (Å²) in [5.41, 5.74) is 5.80. The molecule has 3 heteroatoms. The minimum Gasteiger partial charge on any atom is -0.352 e. The Kier molecular flexibility index (Phi) is 5.09. The van der Waals surface area contributed by atoms with Crippen molar-refractivity contribution in [3.05, 3.63) is 0 Å². The molecule has 1 fully saturated rings. The second-order valence-electron chi connectivity index (χ2n) is 4.74. The van der Waals surface area contributed by atoms with Crippen LogP contribution in [0.5, 0.6) is 0 Å². The van der Waals surface area contributed by atoms with Crippen LogP contribution in [0.15, 0.2) is 0 Å². The predicted molar refractivity (Wildman–Crippen MR) is 62.4 cm³/mol. The van der Waals surface area contributed by atoms with Gasteiger partial charge in [0, 0.05) is 6.04 Å². The van der Waals surface area contributed by atoms with Crippen molar-refractivity contribution in [1.82, 2.24) is 5.32 Å². The summed E-state index contributed by atoms with van der Waals surface area (Å²) in [5, 5.41) is 3.03. The van der Waals surface area contributed by atoms with Crippen LogP contribution in [-0.2, 0) is 4.79 Å². The molecule has 0 radical (unpaired) electrons. The number of hydrogen-bond donors (Lipinski definition) is 2. The van der Waals surface area contributed by atoms with Gasteiger partial charge in [0.1, 0.15) is 0 Å². The summed E-state index contributed by atoms with van der Waals surface area (Å²) in [6.45, 7) is 4.20. The van der Waals surface area contributed by atoms with Crippen molar-refractivity contribution in [2.75, 3.05) is 0 Å². The van der Waals surface area contributed by atoms with Gasteiger partial charge in [-0.2, -0.15) is 0 Å². The molecule has 0 saturated heterocycles. The lowest BCUT2D eigenvalue weighted by molar-refractivity contribution is -0.123. The van der Waals surface area contributed by atoms with Gasteiger partial charge >= 0.3 is 0 Å². The highest BCUT2D eigenvalue weighted by Gasteiger charge is 2.26. The van der Waals surface area contributed by atoms with E-state index in [9.17, 15) is 4.79 Å². The quantitative estimate of drug-likeness (QED) is 0.705. The van der Waals surface area contributed by atoms with E-state index in [0.717, 1.165) is 19.3 Å². The predicted octanol–water partition coefficient (Wildman–Crippen LogP) is 1.81. The van der Waals surface area contributed by atoms with Crippen molar-refractivity contribution in [3.63, 3.8) is 0 Å². The standard InChI is InChI=1S/C12H24N2O/c1-3-4-8-11(13)12(15)14-9(2)10-6-5-7-10/h9-11H,3-8,13H2,1-2H3,(H,14,15)/t9?,11-/m0/s1. The van der Waals surface area contributed by atoms with Crippen LogP contribution in [0.1, 0.15) is 52.4 Å². The van der Waals surface area contributed by atoms with E-state index in [1.807, 2.05) is 0 Å². The molecule has 15 heavy (non-hydrogen) atoms. The molecule has 0 spiro atoms. The zero-order chi connectivity index (χ0) is 11.3. The van der Waals surface area contributed by atoms with Crippen molar-refractivity contribution in [2.45, 2.75) is 64.5 Å². The molecule has 0 heterocycles. The highest BCUT2D eigenvalue weighted by atomic mass is 16.2. The van der Waals surface area contributed by atoms with Gasteiger partial charge in [-0.25, -0.2) is 0 Å². The Morgan fingerprint density at radius 2 is 2.20 bits per heavy atom. The summed E-state index contributed by atoms with van der Waals surface area (Å²) >= 11 is 0. The Morgan fingerprint density at radius 3 is 2.67 bits per heavy atom. The highest BCUT2D eigenvalue weighted by molar-refractivity contribution is 5.81. The Bertz CT molecular complexity index is 202. The van der Waals surface area contributed by atoms with Gasteiger partial charge in [-0.1, -0.05) is 26.2 Å². The molecule has 1 rings (SSSR count). The Balaban J connectivity index is 2.20. The number of carbonyl (C=O) groups excluding carboxylic acids is 1. The van der Waals surface area contributed by atoms with Crippen molar-refractivity contribution < 1.29 is 4.79 Å². The van der Waals surface area contributed by atoms with Gasteiger partial charge in [0.25, 0.3) is 0 Å². The van der Waals surface area contributed by atoms with Crippen LogP contribution >= 0.6 is 0 Å². The fourth-order valence-corrected chi connectivity index (χ4v) is 1.94. The lowest BCUT2D eigenvalue weighted by Gasteiger charge is -2.32. The first-order valence-corrected chi connectivity index (χ1v) is 6.21. The molecular weight excluding hydrogens is 188 g/mol. The van der Waals surface area contributed by atoms with Gasteiger partial charge in [-0.05, 0) is 32.1 Å². The number of rotatable bonds is 6. The van der Waals surface area contributed by atoms with Crippen molar-refractivity contribution in [3.8, 4) is 0 Å². The molecule has 0 aromatic heterocycles. The number of nitrogens with one attached hydrogen (secondary N) is 1. The van der Waals surface area contributed by atoms with Crippen molar-refractivity contribution >= 4 is 5.91 Å². The molecule has 2 atom stereocenters. The monoisotopic (exact) mass is 212 g/mol. The van der Waals surface area contributed by atoms with Crippen LogP contribution in [0.25, 0.3) is 0 Å². The van der Waals surface area contributed by atoms with Crippen LogP contribution in [0.3, 0.4) is 0 Å². The smallest absolute Gasteiger partial charge is 0.237 e. The van der Waals surface area contributed by atoms with E-state index in [1.165, 1.54) is 19.3 Å². The first-order valence-electron chi connectivity index (χ1n) is 6.21. The fraction of sp³-hybridized carbons (Fsp3) is 0.917. The number of nitrogens with two attached hydrogens (primary N) is 1. The van der Waals surface area contributed by atoms with E-state index >= 15 is 0 Å². The Hall–Kier alpha value is -0.570. The topological polar surface area (TPSA) is 55.1 Å². The number of unbranched alkanes of at least 4 members (excludes halogenated alkanes) is 1. The first kappa shape index (κ1) is 12.5. The molecule has 0 bridgehead atoms. The zero-order valence-corrected chi connectivity index (χ0v) is 9.96. The summed E-state index contributed by atoms with van der Waals surface area (Å²) in [6.07, 6.45) is 6.76. The molecule has 0 aromatic carbocycles. The summed E-state index contributed by atoms with van der Waals surface area (Å²) in [6, 6.07) is -0.00796. The van der Waals surface area contributed by atoms with Gasteiger partial charge in [0.2, 0.25) is 5.91 Å². The highest BCUT2D eigenvalue weighted by Crippen LogP contribution is 2.29. The van der Waals surface area contributed by atoms with E-state index in [2.05, 4.69) is 19.2 Å². The minimum atomic E-state index is -0.313. The number of amides is 1. The van der Waals surface area contributed by atoms with E-state index in [-0.39, 0.29) is 11.9 Å². The molecule has 3 nitrogen and oxygen atoms in total. The van der Waals surface area contributed by atoms with Gasteiger partial charge in [-0.15, -0.1) is 0 Å². The van der Waals surface area contributed by atoms with Crippen LogP contribution in [0.2, 0.25) is 0 Å². The number of hydrogen-bond acceptors (Lipinski definition) is 2. The molecule has 1 saturated carbocycles. The third-order valence-electron chi connectivity index (χ3n) is 3.43. The lowest BCUT2D eigenvalue weighted by atomic mass is 9.80. The SMILES string of the molecule is CCCC[C@H](N)C(=O)NC(C)C1CCC1. The zero-order valence-electron chi connectivity index (χ0n) is 9.96. The molecule has 0 aromatic rings. The molecule has 1 aliphatic rings. The third kappa shape index (κ3) is 3.82. The van der Waals surface area contributed by atoms with Gasteiger partial charge < -0.3 is 11.1 Å². The average Bonchev–Trinajstić information content (AvgIpc) is 2.10. The normalized spacial score (nSPS) is 20.5. The fourth-order valence-electron chi connectivity index (χ4n) is 1.94. The second-order valence-corrected chi connectivity index (χ2v) is 4.74. The maximum atomic E-state index is 11.7. The molecule has 1 aliphatic carbocycles. The average molecular weight is 212 g/mol. The maximum absolute atomic E-state index is 11.7. The molecule has 1 amide bonds. The molecular formula is C12H24N2O. The molecule has 1 unspecified atom stereocenters. The maximum Gasteiger partial charge on any atom is 0.237 e. The molecule has 88 valence electrons. The van der Waals surface area contributed by atoms with Crippen molar-refractivity contribution in [1.29, 1.82) is 0 Å². The summed E-state index contributed by atoms with van der Waals surface area (Å²) < 4.78 is 0. The molecule has 0 aliphatic heterocycles.